The second-order valence-corrected chi connectivity index (χ2v) is 6.29. The number of hydrogen-bond donors (Lipinski definition) is 2. The zero-order valence-electron chi connectivity index (χ0n) is 13.0. The predicted octanol–water partition coefficient (Wildman–Crippen LogP) is 2.38. The van der Waals surface area contributed by atoms with E-state index in [0.717, 1.165) is 24.9 Å². The summed E-state index contributed by atoms with van der Waals surface area (Å²) < 4.78 is 5.66. The number of nitrogens with one attached hydrogen (secondary N) is 2. The highest BCUT2D eigenvalue weighted by Gasteiger charge is 2.22. The zero-order chi connectivity index (χ0) is 16.2. The van der Waals surface area contributed by atoms with Crippen molar-refractivity contribution in [1.29, 1.82) is 0 Å². The molecule has 1 amide bonds. The standard InChI is InChI=1S/C17H20ClN3O2/c1-11-6-8-19-9-14(11)21-16(22)10-23-15-5-4-13(18)12-3-2-7-20-17(12)15/h2-5,7,11,14,19H,6,8-10H2,1H3,(H,21,22). The SMILES string of the molecule is CC1CCNCC1NC(=O)COc1ccc(Cl)c2cccnc12. The number of hydrogen-bond acceptors (Lipinski definition) is 4. The van der Waals surface area contributed by atoms with Crippen molar-refractivity contribution in [2.45, 2.75) is 19.4 Å². The van der Waals surface area contributed by atoms with Gasteiger partial charge in [-0.05, 0) is 43.1 Å². The van der Waals surface area contributed by atoms with Crippen LogP contribution in [0.2, 0.25) is 5.02 Å². The molecule has 1 saturated heterocycles. The number of ether oxygens (including phenoxy) is 1. The average Bonchev–Trinajstić information content (AvgIpc) is 2.57. The first-order valence-corrected chi connectivity index (χ1v) is 8.19. The summed E-state index contributed by atoms with van der Waals surface area (Å²) in [6.07, 6.45) is 2.75. The van der Waals surface area contributed by atoms with Crippen LogP contribution in [0.4, 0.5) is 0 Å². The van der Waals surface area contributed by atoms with Crippen molar-refractivity contribution in [2.24, 2.45) is 5.92 Å². The van der Waals surface area contributed by atoms with E-state index >= 15 is 0 Å². The third-order valence-electron chi connectivity index (χ3n) is 4.21. The third-order valence-corrected chi connectivity index (χ3v) is 4.54. The van der Waals surface area contributed by atoms with Crippen molar-refractivity contribution >= 4 is 28.4 Å². The molecule has 6 heteroatoms. The Morgan fingerprint density at radius 1 is 1.48 bits per heavy atom. The van der Waals surface area contributed by atoms with Gasteiger partial charge in [-0.2, -0.15) is 0 Å². The summed E-state index contributed by atoms with van der Waals surface area (Å²) in [5, 5.41) is 7.75. The molecular weight excluding hydrogens is 314 g/mol. The van der Waals surface area contributed by atoms with Gasteiger partial charge in [-0.15, -0.1) is 0 Å². The maximum absolute atomic E-state index is 12.1. The van der Waals surface area contributed by atoms with E-state index in [1.54, 1.807) is 18.3 Å². The minimum Gasteiger partial charge on any atom is -0.481 e. The number of nitrogens with zero attached hydrogens (tertiary/aromatic N) is 1. The van der Waals surface area contributed by atoms with Gasteiger partial charge >= 0.3 is 0 Å². The number of carbonyl (C=O) groups excluding carboxylic acids is 1. The van der Waals surface area contributed by atoms with Crippen LogP contribution in [-0.2, 0) is 4.79 Å². The molecule has 1 aromatic heterocycles. The Kier molecular flexibility index (Phi) is 4.98. The van der Waals surface area contributed by atoms with Crippen LogP contribution in [0, 0.1) is 5.92 Å². The van der Waals surface area contributed by atoms with E-state index in [1.807, 2.05) is 12.1 Å². The summed E-state index contributed by atoms with van der Waals surface area (Å²) in [4.78, 5) is 16.4. The van der Waals surface area contributed by atoms with E-state index in [-0.39, 0.29) is 18.6 Å². The summed E-state index contributed by atoms with van der Waals surface area (Å²) in [7, 11) is 0. The van der Waals surface area contributed by atoms with Crippen LogP contribution >= 0.6 is 11.6 Å². The van der Waals surface area contributed by atoms with Gasteiger partial charge in [0.15, 0.2) is 6.61 Å². The van der Waals surface area contributed by atoms with Crippen molar-refractivity contribution < 1.29 is 9.53 Å². The molecule has 3 rings (SSSR count). The van der Waals surface area contributed by atoms with Crippen LogP contribution in [0.25, 0.3) is 10.9 Å². The molecule has 1 aliphatic rings. The Hall–Kier alpha value is -1.85. The molecule has 2 atom stereocenters. The van der Waals surface area contributed by atoms with Gasteiger partial charge in [0.1, 0.15) is 11.3 Å². The lowest BCUT2D eigenvalue weighted by Gasteiger charge is -2.30. The molecule has 2 N–H and O–H groups in total. The van der Waals surface area contributed by atoms with E-state index in [0.29, 0.717) is 22.2 Å². The first-order valence-electron chi connectivity index (χ1n) is 7.81. The summed E-state index contributed by atoms with van der Waals surface area (Å²) in [5.74, 6) is 0.915. The average molecular weight is 334 g/mol. The molecule has 2 aromatic rings. The van der Waals surface area contributed by atoms with Gasteiger partial charge in [-0.3, -0.25) is 9.78 Å². The number of rotatable bonds is 4. The Morgan fingerprint density at radius 2 is 2.35 bits per heavy atom. The lowest BCUT2D eigenvalue weighted by atomic mass is 9.95. The molecule has 2 unspecified atom stereocenters. The number of benzene rings is 1. The van der Waals surface area contributed by atoms with Crippen LogP contribution in [-0.4, -0.2) is 36.6 Å². The van der Waals surface area contributed by atoms with Gasteiger partial charge in [-0.1, -0.05) is 18.5 Å². The largest absolute Gasteiger partial charge is 0.481 e. The highest BCUT2D eigenvalue weighted by molar-refractivity contribution is 6.35. The molecular formula is C17H20ClN3O2. The quantitative estimate of drug-likeness (QED) is 0.901. The van der Waals surface area contributed by atoms with E-state index in [9.17, 15) is 4.79 Å². The number of fused-ring (bicyclic) bond motifs is 1. The summed E-state index contributed by atoms with van der Waals surface area (Å²) in [6.45, 7) is 3.94. The summed E-state index contributed by atoms with van der Waals surface area (Å²) >= 11 is 6.15. The first kappa shape index (κ1) is 16.0. The van der Waals surface area contributed by atoms with Gasteiger partial charge in [0, 0.05) is 24.2 Å². The third kappa shape index (κ3) is 3.74. The Morgan fingerprint density at radius 3 is 3.17 bits per heavy atom. The molecule has 23 heavy (non-hydrogen) atoms. The first-order chi connectivity index (χ1) is 11.1. The molecule has 0 saturated carbocycles. The Bertz CT molecular complexity index is 707. The lowest BCUT2D eigenvalue weighted by Crippen LogP contribution is -2.51. The molecule has 122 valence electrons. The Labute approximate surface area is 140 Å². The molecule has 0 spiro atoms. The molecule has 0 aliphatic carbocycles. The second-order valence-electron chi connectivity index (χ2n) is 5.88. The lowest BCUT2D eigenvalue weighted by molar-refractivity contribution is -0.124. The van der Waals surface area contributed by atoms with Crippen molar-refractivity contribution in [3.05, 3.63) is 35.5 Å². The summed E-state index contributed by atoms with van der Waals surface area (Å²) in [5.41, 5.74) is 0.667. The summed E-state index contributed by atoms with van der Waals surface area (Å²) in [6, 6.07) is 7.36. The fourth-order valence-corrected chi connectivity index (χ4v) is 3.02. The maximum atomic E-state index is 12.1. The topological polar surface area (TPSA) is 63.2 Å². The number of piperidine rings is 1. The molecule has 0 bridgehead atoms. The fraction of sp³-hybridized carbons (Fsp3) is 0.412. The van der Waals surface area contributed by atoms with Crippen molar-refractivity contribution in [1.82, 2.24) is 15.6 Å². The van der Waals surface area contributed by atoms with Crippen LogP contribution in [0.1, 0.15) is 13.3 Å². The smallest absolute Gasteiger partial charge is 0.258 e. The monoisotopic (exact) mass is 333 g/mol. The highest BCUT2D eigenvalue weighted by atomic mass is 35.5. The van der Waals surface area contributed by atoms with Crippen LogP contribution in [0.5, 0.6) is 5.75 Å². The second kappa shape index (κ2) is 7.15. The Balaban J connectivity index is 1.64. The number of aromatic nitrogens is 1. The van der Waals surface area contributed by atoms with Gasteiger partial charge in [0.25, 0.3) is 5.91 Å². The molecule has 0 radical (unpaired) electrons. The van der Waals surface area contributed by atoms with Crippen LogP contribution < -0.4 is 15.4 Å². The van der Waals surface area contributed by atoms with Gasteiger partial charge < -0.3 is 15.4 Å². The van der Waals surface area contributed by atoms with E-state index in [1.165, 1.54) is 0 Å². The van der Waals surface area contributed by atoms with E-state index < -0.39 is 0 Å². The van der Waals surface area contributed by atoms with Gasteiger partial charge in [0.2, 0.25) is 0 Å². The minimum atomic E-state index is -0.121. The van der Waals surface area contributed by atoms with E-state index in [4.69, 9.17) is 16.3 Å². The van der Waals surface area contributed by atoms with Crippen molar-refractivity contribution in [3.8, 4) is 5.75 Å². The number of pyridine rings is 1. The van der Waals surface area contributed by atoms with E-state index in [2.05, 4.69) is 22.5 Å². The zero-order valence-corrected chi connectivity index (χ0v) is 13.8. The normalized spacial score (nSPS) is 21.1. The number of amides is 1. The molecule has 1 aliphatic heterocycles. The maximum Gasteiger partial charge on any atom is 0.258 e. The molecule has 1 fully saturated rings. The number of halogens is 1. The van der Waals surface area contributed by atoms with Crippen molar-refractivity contribution in [2.75, 3.05) is 19.7 Å². The van der Waals surface area contributed by atoms with Crippen molar-refractivity contribution in [3.63, 3.8) is 0 Å². The minimum absolute atomic E-state index is 0.0312. The van der Waals surface area contributed by atoms with Gasteiger partial charge in [0.05, 0.1) is 5.02 Å². The fourth-order valence-electron chi connectivity index (χ4n) is 2.80. The van der Waals surface area contributed by atoms with Crippen LogP contribution in [0.15, 0.2) is 30.5 Å². The highest BCUT2D eigenvalue weighted by Crippen LogP contribution is 2.29. The van der Waals surface area contributed by atoms with Gasteiger partial charge in [-0.25, -0.2) is 0 Å². The molecule has 2 heterocycles. The molecule has 1 aromatic carbocycles. The number of carbonyl (C=O) groups is 1. The molecule has 5 nitrogen and oxygen atoms in total. The van der Waals surface area contributed by atoms with Crippen LogP contribution in [0.3, 0.4) is 0 Å². The predicted molar refractivity (Wildman–Crippen MR) is 90.8 cm³/mol.